The highest BCUT2D eigenvalue weighted by molar-refractivity contribution is 5.16. The van der Waals surface area contributed by atoms with Crippen LogP contribution in [0.25, 0.3) is 0 Å². The van der Waals surface area contributed by atoms with Crippen LogP contribution in [-0.2, 0) is 5.60 Å². The van der Waals surface area contributed by atoms with Crippen molar-refractivity contribution in [3.63, 3.8) is 0 Å². The molecule has 70 valence electrons. The number of rotatable bonds is 1. The van der Waals surface area contributed by atoms with E-state index in [9.17, 15) is 5.11 Å². The molecule has 0 aromatic carbocycles. The maximum Gasteiger partial charge on any atom is 0.115 e. The van der Waals surface area contributed by atoms with Crippen molar-refractivity contribution in [3.05, 3.63) is 24.3 Å². The third kappa shape index (κ3) is 1.55. The molecule has 0 amide bonds. The second kappa shape index (κ2) is 3.05. The molecular formula is C9H13N3O. The van der Waals surface area contributed by atoms with Gasteiger partial charge in [-0.05, 0) is 13.5 Å². The Morgan fingerprint density at radius 1 is 1.46 bits per heavy atom. The summed E-state index contributed by atoms with van der Waals surface area (Å²) in [6, 6.07) is 0. The van der Waals surface area contributed by atoms with Gasteiger partial charge in [0, 0.05) is 31.0 Å². The van der Waals surface area contributed by atoms with Crippen LogP contribution in [0.15, 0.2) is 18.7 Å². The van der Waals surface area contributed by atoms with E-state index in [0.29, 0.717) is 6.54 Å². The molecule has 1 aromatic heterocycles. The standard InChI is InChI=1S/C9H13N3O/c1-12-3-2-9(13,6-12)8-4-10-7-11-5-8/h4-5,7,13H,2-3,6H2,1H3. The Bertz CT molecular complexity index is 290. The van der Waals surface area contributed by atoms with Crippen molar-refractivity contribution in [1.82, 2.24) is 14.9 Å². The highest BCUT2D eigenvalue weighted by atomic mass is 16.3. The minimum Gasteiger partial charge on any atom is -0.384 e. The maximum absolute atomic E-state index is 10.2. The lowest BCUT2D eigenvalue weighted by atomic mass is 9.96. The Labute approximate surface area is 77.2 Å². The molecule has 1 aliphatic heterocycles. The second-order valence-corrected chi connectivity index (χ2v) is 3.65. The largest absolute Gasteiger partial charge is 0.384 e. The van der Waals surface area contributed by atoms with Gasteiger partial charge in [0.05, 0.1) is 0 Å². The first-order valence-electron chi connectivity index (χ1n) is 4.37. The van der Waals surface area contributed by atoms with Crippen LogP contribution in [0.2, 0.25) is 0 Å². The number of hydrogen-bond donors (Lipinski definition) is 1. The maximum atomic E-state index is 10.2. The topological polar surface area (TPSA) is 49.2 Å². The zero-order valence-corrected chi connectivity index (χ0v) is 7.64. The van der Waals surface area contributed by atoms with Gasteiger partial charge in [0.15, 0.2) is 0 Å². The fourth-order valence-corrected chi connectivity index (χ4v) is 1.76. The van der Waals surface area contributed by atoms with Crippen LogP contribution < -0.4 is 0 Å². The highest BCUT2D eigenvalue weighted by Crippen LogP contribution is 2.29. The number of nitrogens with zero attached hydrogens (tertiary/aromatic N) is 3. The number of likely N-dealkylation sites (tertiary alicyclic amines) is 1. The van der Waals surface area contributed by atoms with E-state index in [1.807, 2.05) is 7.05 Å². The number of likely N-dealkylation sites (N-methyl/N-ethyl adjacent to an activating group) is 1. The van der Waals surface area contributed by atoms with Crippen molar-refractivity contribution in [2.45, 2.75) is 12.0 Å². The van der Waals surface area contributed by atoms with E-state index < -0.39 is 5.60 Å². The van der Waals surface area contributed by atoms with E-state index in [4.69, 9.17) is 0 Å². The van der Waals surface area contributed by atoms with Gasteiger partial charge in [0.25, 0.3) is 0 Å². The molecule has 1 aliphatic rings. The average molecular weight is 179 g/mol. The number of aromatic nitrogens is 2. The second-order valence-electron chi connectivity index (χ2n) is 3.65. The van der Waals surface area contributed by atoms with E-state index in [0.717, 1.165) is 18.5 Å². The summed E-state index contributed by atoms with van der Waals surface area (Å²) in [6.07, 6.45) is 5.61. The van der Waals surface area contributed by atoms with Crippen LogP contribution in [0.4, 0.5) is 0 Å². The van der Waals surface area contributed by atoms with Gasteiger partial charge in [-0.25, -0.2) is 9.97 Å². The summed E-state index contributed by atoms with van der Waals surface area (Å²) in [5.41, 5.74) is 0.0788. The van der Waals surface area contributed by atoms with Crippen molar-refractivity contribution in [1.29, 1.82) is 0 Å². The van der Waals surface area contributed by atoms with Gasteiger partial charge in [-0.1, -0.05) is 0 Å². The van der Waals surface area contributed by atoms with Gasteiger partial charge < -0.3 is 10.0 Å². The molecule has 0 bridgehead atoms. The highest BCUT2D eigenvalue weighted by Gasteiger charge is 2.36. The summed E-state index contributed by atoms with van der Waals surface area (Å²) in [6.45, 7) is 1.59. The lowest BCUT2D eigenvalue weighted by molar-refractivity contribution is 0.0482. The third-order valence-corrected chi connectivity index (χ3v) is 2.54. The Morgan fingerprint density at radius 3 is 2.69 bits per heavy atom. The van der Waals surface area contributed by atoms with Gasteiger partial charge in [0.2, 0.25) is 0 Å². The average Bonchev–Trinajstić information content (AvgIpc) is 2.49. The molecule has 1 aromatic rings. The van der Waals surface area contributed by atoms with Gasteiger partial charge in [-0.2, -0.15) is 0 Å². The van der Waals surface area contributed by atoms with Crippen LogP contribution in [0, 0.1) is 0 Å². The summed E-state index contributed by atoms with van der Waals surface area (Å²) in [5, 5.41) is 10.2. The zero-order valence-electron chi connectivity index (χ0n) is 7.64. The van der Waals surface area contributed by atoms with E-state index >= 15 is 0 Å². The normalized spacial score (nSPS) is 29.4. The Morgan fingerprint density at radius 2 is 2.15 bits per heavy atom. The van der Waals surface area contributed by atoms with Crippen molar-refractivity contribution in [2.75, 3.05) is 20.1 Å². The summed E-state index contributed by atoms with van der Waals surface area (Å²) < 4.78 is 0. The first-order chi connectivity index (χ1) is 6.21. The Kier molecular flexibility index (Phi) is 2.01. The number of aliphatic hydroxyl groups is 1. The van der Waals surface area contributed by atoms with Crippen molar-refractivity contribution < 1.29 is 5.11 Å². The zero-order chi connectivity index (χ0) is 9.31. The summed E-state index contributed by atoms with van der Waals surface area (Å²) in [4.78, 5) is 9.92. The first-order valence-corrected chi connectivity index (χ1v) is 4.37. The van der Waals surface area contributed by atoms with Crippen molar-refractivity contribution >= 4 is 0 Å². The smallest absolute Gasteiger partial charge is 0.115 e. The minimum atomic E-state index is -0.740. The number of hydrogen-bond acceptors (Lipinski definition) is 4. The minimum absolute atomic E-state index is 0.667. The molecule has 1 atom stereocenters. The van der Waals surface area contributed by atoms with Crippen LogP contribution in [0.3, 0.4) is 0 Å². The molecule has 1 fully saturated rings. The molecule has 0 spiro atoms. The van der Waals surface area contributed by atoms with Crippen molar-refractivity contribution in [3.8, 4) is 0 Å². The molecule has 1 N–H and O–H groups in total. The van der Waals surface area contributed by atoms with E-state index in [1.54, 1.807) is 12.4 Å². The molecular weight excluding hydrogens is 166 g/mol. The van der Waals surface area contributed by atoms with Gasteiger partial charge in [-0.3, -0.25) is 0 Å². The summed E-state index contributed by atoms with van der Waals surface area (Å²) in [7, 11) is 2.00. The SMILES string of the molecule is CN1CCC(O)(c2cncnc2)C1. The predicted octanol–water partition coefficient (Wildman–Crippen LogP) is -0.000300. The molecule has 0 radical (unpaired) electrons. The molecule has 1 unspecified atom stereocenters. The van der Waals surface area contributed by atoms with Crippen molar-refractivity contribution in [2.24, 2.45) is 0 Å². The molecule has 13 heavy (non-hydrogen) atoms. The molecule has 0 aliphatic carbocycles. The molecule has 2 rings (SSSR count). The van der Waals surface area contributed by atoms with Gasteiger partial charge in [-0.15, -0.1) is 0 Å². The molecule has 1 saturated heterocycles. The lowest BCUT2D eigenvalue weighted by Crippen LogP contribution is -2.29. The molecule has 4 heteroatoms. The van der Waals surface area contributed by atoms with Gasteiger partial charge in [0.1, 0.15) is 11.9 Å². The Hall–Kier alpha value is -1.00. The summed E-state index contributed by atoms with van der Waals surface area (Å²) in [5.74, 6) is 0. The van der Waals surface area contributed by atoms with Gasteiger partial charge >= 0.3 is 0 Å². The molecule has 0 saturated carbocycles. The number of β-amino-alcohol motifs (C(OH)–C–C–N with tert-alkyl or cyclic N) is 1. The predicted molar refractivity (Wildman–Crippen MR) is 48.0 cm³/mol. The van der Waals surface area contributed by atoms with Crippen LogP contribution in [-0.4, -0.2) is 40.1 Å². The monoisotopic (exact) mass is 179 g/mol. The lowest BCUT2D eigenvalue weighted by Gasteiger charge is -2.21. The first kappa shape index (κ1) is 8.59. The molecule has 2 heterocycles. The van der Waals surface area contributed by atoms with E-state index in [2.05, 4.69) is 14.9 Å². The van der Waals surface area contributed by atoms with E-state index in [-0.39, 0.29) is 0 Å². The third-order valence-electron chi connectivity index (χ3n) is 2.54. The van der Waals surface area contributed by atoms with Crippen LogP contribution in [0.1, 0.15) is 12.0 Å². The molecule has 4 nitrogen and oxygen atoms in total. The fraction of sp³-hybridized carbons (Fsp3) is 0.556. The summed E-state index contributed by atoms with van der Waals surface area (Å²) >= 11 is 0. The quantitative estimate of drug-likeness (QED) is 0.659. The van der Waals surface area contributed by atoms with Crippen LogP contribution in [0.5, 0.6) is 0 Å². The van der Waals surface area contributed by atoms with E-state index in [1.165, 1.54) is 6.33 Å². The van der Waals surface area contributed by atoms with Crippen LogP contribution >= 0.6 is 0 Å². The Balaban J connectivity index is 2.26. The fourth-order valence-electron chi connectivity index (χ4n) is 1.76.